The molecule has 4 aromatic rings. The highest BCUT2D eigenvalue weighted by molar-refractivity contribution is 9.12. The van der Waals surface area contributed by atoms with E-state index in [1.807, 2.05) is 31.2 Å². The van der Waals surface area contributed by atoms with Crippen LogP contribution < -0.4 is 9.64 Å². The maximum atomic E-state index is 13.4. The third-order valence-electron chi connectivity index (χ3n) is 7.54. The van der Waals surface area contributed by atoms with Crippen LogP contribution in [0.1, 0.15) is 49.3 Å². The van der Waals surface area contributed by atoms with E-state index in [0.29, 0.717) is 40.1 Å². The van der Waals surface area contributed by atoms with Crippen LogP contribution in [0.3, 0.4) is 0 Å². The Morgan fingerprint density at radius 1 is 1.10 bits per heavy atom. The Morgan fingerprint density at radius 2 is 1.83 bits per heavy atom. The van der Waals surface area contributed by atoms with Crippen molar-refractivity contribution in [3.8, 4) is 22.8 Å². The SMILES string of the molecule is Cc1ccc(C(C)C)c(N2C(=O)C(Br)S/C2=N\C(=NCCc2ccc(-c3ncn(-c4ccc(OC(F)(F)F)cc4)n3)cc2)SC2CC2)c1. The smallest absolute Gasteiger partial charge is 0.406 e. The Hall–Kier alpha value is -3.62. The van der Waals surface area contributed by atoms with Crippen LogP contribution in [-0.4, -0.2) is 53.3 Å². The van der Waals surface area contributed by atoms with Gasteiger partial charge < -0.3 is 4.74 Å². The van der Waals surface area contributed by atoms with E-state index in [1.54, 1.807) is 16.7 Å². The lowest BCUT2D eigenvalue weighted by Crippen LogP contribution is -2.32. The maximum Gasteiger partial charge on any atom is 0.573 e. The quantitative estimate of drug-likeness (QED) is 0.0964. The fourth-order valence-corrected chi connectivity index (χ4v) is 7.53. The Morgan fingerprint density at radius 3 is 2.50 bits per heavy atom. The van der Waals surface area contributed by atoms with Crippen molar-refractivity contribution in [3.63, 3.8) is 0 Å². The summed E-state index contributed by atoms with van der Waals surface area (Å²) in [5.41, 5.74) is 5.48. The molecule has 1 aromatic heterocycles. The fourth-order valence-electron chi connectivity index (χ4n) is 4.96. The first-order chi connectivity index (χ1) is 22.9. The summed E-state index contributed by atoms with van der Waals surface area (Å²) in [6.07, 6.45) is -0.286. The first-order valence-electron chi connectivity index (χ1n) is 15.4. The van der Waals surface area contributed by atoms with E-state index in [9.17, 15) is 18.0 Å². The van der Waals surface area contributed by atoms with E-state index < -0.39 is 10.5 Å². The van der Waals surface area contributed by atoms with Crippen molar-refractivity contribution in [3.05, 3.63) is 89.7 Å². The van der Waals surface area contributed by atoms with Gasteiger partial charge in [-0.15, -0.1) is 18.3 Å². The number of rotatable bonds is 9. The molecule has 48 heavy (non-hydrogen) atoms. The molecule has 14 heteroatoms. The average Bonchev–Trinajstić information content (AvgIpc) is 3.63. The van der Waals surface area contributed by atoms with Crippen molar-refractivity contribution >= 4 is 61.4 Å². The molecule has 1 saturated carbocycles. The van der Waals surface area contributed by atoms with Gasteiger partial charge in [-0.2, -0.15) is 4.99 Å². The third kappa shape index (κ3) is 8.50. The second-order valence-corrected chi connectivity index (χ2v) is 15.6. The summed E-state index contributed by atoms with van der Waals surface area (Å²) in [5.74, 6) is 0.377. The van der Waals surface area contributed by atoms with Gasteiger partial charge in [0.05, 0.1) is 11.4 Å². The van der Waals surface area contributed by atoms with E-state index >= 15 is 0 Å². The second-order valence-electron chi connectivity index (χ2n) is 11.7. The number of carbonyl (C=O) groups is 1. The van der Waals surface area contributed by atoms with Gasteiger partial charge in [0, 0.05) is 17.4 Å². The number of aryl methyl sites for hydroxylation is 1. The molecule has 1 unspecified atom stereocenters. The van der Waals surface area contributed by atoms with Gasteiger partial charge in [-0.05, 0) is 79.1 Å². The predicted molar refractivity (Wildman–Crippen MR) is 191 cm³/mol. The number of thioether (sulfide) groups is 2. The number of halogens is 4. The zero-order valence-corrected chi connectivity index (χ0v) is 29.5. The summed E-state index contributed by atoms with van der Waals surface area (Å²) in [5, 5.41) is 6.28. The van der Waals surface area contributed by atoms with Crippen molar-refractivity contribution in [1.29, 1.82) is 0 Å². The van der Waals surface area contributed by atoms with E-state index in [4.69, 9.17) is 9.98 Å². The molecule has 0 bridgehead atoms. The highest BCUT2D eigenvalue weighted by atomic mass is 79.9. The molecule has 1 amide bonds. The number of amides is 1. The Bertz CT molecular complexity index is 1840. The minimum absolute atomic E-state index is 0.0464. The number of carbonyl (C=O) groups excluding carboxylic acids is 1. The largest absolute Gasteiger partial charge is 0.573 e. The minimum atomic E-state index is -4.75. The predicted octanol–water partition coefficient (Wildman–Crippen LogP) is 8.92. The number of aliphatic imine (C=N–C) groups is 2. The Balaban J connectivity index is 1.14. The lowest BCUT2D eigenvalue weighted by atomic mass is 9.99. The molecular weight excluding hydrogens is 725 g/mol. The molecule has 250 valence electrons. The van der Waals surface area contributed by atoms with E-state index in [-0.39, 0.29) is 17.6 Å². The van der Waals surface area contributed by atoms with Crippen molar-refractivity contribution in [2.45, 2.75) is 61.7 Å². The monoisotopic (exact) mass is 756 g/mol. The number of ether oxygens (including phenoxy) is 1. The number of alkyl halides is 4. The Labute approximate surface area is 293 Å². The number of amidine groups is 2. The molecule has 1 saturated heterocycles. The van der Waals surface area contributed by atoms with Gasteiger partial charge in [-0.25, -0.2) is 9.67 Å². The first kappa shape index (κ1) is 34.3. The number of benzene rings is 3. The van der Waals surface area contributed by atoms with Crippen molar-refractivity contribution in [1.82, 2.24) is 14.8 Å². The summed E-state index contributed by atoms with van der Waals surface area (Å²) < 4.78 is 42.4. The van der Waals surface area contributed by atoms with Crippen molar-refractivity contribution < 1.29 is 22.7 Å². The normalized spacial score (nSPS) is 18.0. The lowest BCUT2D eigenvalue weighted by molar-refractivity contribution is -0.274. The second kappa shape index (κ2) is 14.5. The molecule has 2 heterocycles. The summed E-state index contributed by atoms with van der Waals surface area (Å²) in [4.78, 5) is 29.3. The van der Waals surface area contributed by atoms with Crippen LogP contribution in [0.15, 0.2) is 83.0 Å². The van der Waals surface area contributed by atoms with Gasteiger partial charge in [0.25, 0.3) is 5.91 Å². The van der Waals surface area contributed by atoms with Gasteiger partial charge in [-0.3, -0.25) is 14.7 Å². The topological polar surface area (TPSA) is 85.0 Å². The average molecular weight is 758 g/mol. The number of hydrogen-bond acceptors (Lipinski definition) is 7. The first-order valence-corrected chi connectivity index (χ1v) is 18.0. The van der Waals surface area contributed by atoms with Crippen LogP contribution in [0.5, 0.6) is 5.75 Å². The maximum absolute atomic E-state index is 13.4. The van der Waals surface area contributed by atoms with Gasteiger partial charge in [0.2, 0.25) is 0 Å². The van der Waals surface area contributed by atoms with Crippen LogP contribution in [0, 0.1) is 6.92 Å². The van der Waals surface area contributed by atoms with Crippen LogP contribution in [0.4, 0.5) is 18.9 Å². The number of aromatic nitrogens is 3. The molecule has 0 N–H and O–H groups in total. The van der Waals surface area contributed by atoms with E-state index in [0.717, 1.165) is 40.8 Å². The molecule has 1 atom stereocenters. The third-order valence-corrected chi connectivity index (χ3v) is 10.6. The minimum Gasteiger partial charge on any atom is -0.406 e. The van der Waals surface area contributed by atoms with Gasteiger partial charge >= 0.3 is 6.36 Å². The van der Waals surface area contributed by atoms with Crippen LogP contribution in [0.25, 0.3) is 17.1 Å². The number of anilines is 1. The highest BCUT2D eigenvalue weighted by Crippen LogP contribution is 2.40. The van der Waals surface area contributed by atoms with Crippen LogP contribution in [0.2, 0.25) is 0 Å². The number of hydrogen-bond donors (Lipinski definition) is 0. The Kier molecular flexibility index (Phi) is 10.3. The molecule has 2 aliphatic rings. The number of nitrogens with zero attached hydrogens (tertiary/aromatic N) is 6. The molecule has 0 spiro atoms. The summed E-state index contributed by atoms with van der Waals surface area (Å²) in [6.45, 7) is 6.80. The van der Waals surface area contributed by atoms with Crippen LogP contribution in [-0.2, 0) is 11.2 Å². The zero-order valence-electron chi connectivity index (χ0n) is 26.3. The van der Waals surface area contributed by atoms with Crippen LogP contribution >= 0.6 is 39.5 Å². The molecule has 1 aliphatic carbocycles. The molecule has 6 rings (SSSR count). The fraction of sp³-hybridized carbons (Fsp3) is 0.324. The molecular formula is C34H32BrF3N6O2S2. The van der Waals surface area contributed by atoms with E-state index in [2.05, 4.69) is 62.8 Å². The van der Waals surface area contributed by atoms with Gasteiger partial charge in [-0.1, -0.05) is 89.7 Å². The van der Waals surface area contributed by atoms with E-state index in [1.165, 1.54) is 47.0 Å². The molecule has 1 aliphatic heterocycles. The molecule has 3 aromatic carbocycles. The highest BCUT2D eigenvalue weighted by Gasteiger charge is 2.39. The summed E-state index contributed by atoms with van der Waals surface area (Å²) in [7, 11) is 0. The van der Waals surface area contributed by atoms with Crippen molar-refractivity contribution in [2.75, 3.05) is 11.4 Å². The zero-order chi connectivity index (χ0) is 34.0. The van der Waals surface area contributed by atoms with Crippen molar-refractivity contribution in [2.24, 2.45) is 9.98 Å². The lowest BCUT2D eigenvalue weighted by Gasteiger charge is -2.22. The standard InChI is InChI=1S/C34H32BrF3N6O2S2/c1-20(2)27-15-4-21(3)18-28(27)44-31(45)29(35)48-33(44)41-32(47-26-13-14-26)39-17-16-22-5-7-23(8-6-22)30-40-19-43(42-30)24-9-11-25(12-10-24)46-34(36,37)38/h4-12,15,18-20,26,29H,13-14,16-17H2,1-3H3/b39-32?,41-33-. The molecule has 2 fully saturated rings. The molecule has 0 radical (unpaired) electrons. The van der Waals surface area contributed by atoms with Gasteiger partial charge in [0.1, 0.15) is 16.2 Å². The summed E-state index contributed by atoms with van der Waals surface area (Å²) >= 11 is 6.61. The molecule has 8 nitrogen and oxygen atoms in total. The summed E-state index contributed by atoms with van der Waals surface area (Å²) in [6, 6.07) is 19.5. The van der Waals surface area contributed by atoms with Gasteiger partial charge in [0.15, 0.2) is 16.2 Å².